The number of hydrogen-bond donors (Lipinski definition) is 0. The standard InChI is InChI=1S/C25H32N4O2S/c1-19-14-20(2)29(26-19)18-25(30)28-11-9-22(10-12-28)31-23-7-4-6-21(15-23)16-27(3)17-24-8-5-13-32-24/h4-8,13-15,22H,9-12,16-18H2,1-3H3. The van der Waals surface area contributed by atoms with Crippen molar-refractivity contribution in [1.82, 2.24) is 19.6 Å². The Labute approximate surface area is 194 Å². The molecule has 1 fully saturated rings. The van der Waals surface area contributed by atoms with Gasteiger partial charge in [-0.15, -0.1) is 11.3 Å². The van der Waals surface area contributed by atoms with E-state index in [1.807, 2.05) is 30.9 Å². The molecule has 0 N–H and O–H groups in total. The molecule has 0 saturated carbocycles. The van der Waals surface area contributed by atoms with E-state index in [1.54, 1.807) is 16.0 Å². The number of hydrogen-bond acceptors (Lipinski definition) is 5. The second-order valence-electron chi connectivity index (χ2n) is 8.68. The van der Waals surface area contributed by atoms with E-state index in [4.69, 9.17) is 4.74 Å². The molecule has 1 aromatic carbocycles. The highest BCUT2D eigenvalue weighted by atomic mass is 32.1. The lowest BCUT2D eigenvalue weighted by Gasteiger charge is -2.32. The molecule has 4 rings (SSSR count). The van der Waals surface area contributed by atoms with Crippen LogP contribution in [0.5, 0.6) is 5.75 Å². The van der Waals surface area contributed by atoms with Crippen molar-refractivity contribution in [3.05, 3.63) is 69.7 Å². The fraction of sp³-hybridized carbons (Fsp3) is 0.440. The molecular weight excluding hydrogens is 420 g/mol. The second-order valence-corrected chi connectivity index (χ2v) is 9.71. The highest BCUT2D eigenvalue weighted by Crippen LogP contribution is 2.22. The van der Waals surface area contributed by atoms with Crippen LogP contribution in [0.4, 0.5) is 0 Å². The van der Waals surface area contributed by atoms with Gasteiger partial charge in [0.25, 0.3) is 0 Å². The molecule has 1 saturated heterocycles. The normalized spacial score (nSPS) is 14.8. The van der Waals surface area contributed by atoms with E-state index in [0.717, 1.165) is 56.2 Å². The summed E-state index contributed by atoms with van der Waals surface area (Å²) in [6.45, 7) is 7.54. The lowest BCUT2D eigenvalue weighted by molar-refractivity contribution is -0.133. The van der Waals surface area contributed by atoms with Crippen molar-refractivity contribution < 1.29 is 9.53 Å². The lowest BCUT2D eigenvalue weighted by Crippen LogP contribution is -2.43. The Kier molecular flexibility index (Phi) is 7.27. The molecule has 0 bridgehead atoms. The van der Waals surface area contributed by atoms with Gasteiger partial charge in [0.15, 0.2) is 0 Å². The summed E-state index contributed by atoms with van der Waals surface area (Å²) in [5, 5.41) is 6.53. The van der Waals surface area contributed by atoms with E-state index in [2.05, 4.69) is 52.8 Å². The minimum atomic E-state index is 0.130. The molecule has 32 heavy (non-hydrogen) atoms. The Morgan fingerprint density at radius 3 is 2.66 bits per heavy atom. The third kappa shape index (κ3) is 5.99. The largest absolute Gasteiger partial charge is 0.490 e. The summed E-state index contributed by atoms with van der Waals surface area (Å²) in [5.41, 5.74) is 3.22. The first-order chi connectivity index (χ1) is 15.5. The SMILES string of the molecule is Cc1cc(C)n(CC(=O)N2CCC(Oc3cccc(CN(C)Cc4cccs4)c3)CC2)n1. The monoisotopic (exact) mass is 452 g/mol. The van der Waals surface area contributed by atoms with Crippen LogP contribution in [0.2, 0.25) is 0 Å². The number of amides is 1. The summed E-state index contributed by atoms with van der Waals surface area (Å²) in [6, 6.07) is 14.7. The van der Waals surface area contributed by atoms with Crippen molar-refractivity contribution in [2.45, 2.75) is 52.4 Å². The summed E-state index contributed by atoms with van der Waals surface area (Å²) in [5.74, 6) is 1.05. The number of aryl methyl sites for hydroxylation is 2. The molecule has 3 heterocycles. The fourth-order valence-corrected chi connectivity index (χ4v) is 5.02. The summed E-state index contributed by atoms with van der Waals surface area (Å²) in [4.78, 5) is 18.3. The average molecular weight is 453 g/mol. The van der Waals surface area contributed by atoms with Gasteiger partial charge in [-0.25, -0.2) is 0 Å². The quantitative estimate of drug-likeness (QED) is 0.512. The van der Waals surface area contributed by atoms with E-state index < -0.39 is 0 Å². The van der Waals surface area contributed by atoms with Gasteiger partial charge in [0.05, 0.1) is 5.69 Å². The molecule has 1 amide bonds. The van der Waals surface area contributed by atoms with Crippen molar-refractivity contribution in [3.8, 4) is 5.75 Å². The number of rotatable bonds is 8. The Balaban J connectivity index is 1.25. The van der Waals surface area contributed by atoms with Crippen LogP contribution in [0.3, 0.4) is 0 Å². The van der Waals surface area contributed by atoms with Crippen LogP contribution in [0.1, 0.15) is 34.7 Å². The van der Waals surface area contributed by atoms with Gasteiger partial charge in [-0.1, -0.05) is 18.2 Å². The van der Waals surface area contributed by atoms with Crippen LogP contribution >= 0.6 is 11.3 Å². The van der Waals surface area contributed by atoms with Crippen LogP contribution in [0.15, 0.2) is 47.8 Å². The zero-order valence-corrected chi connectivity index (χ0v) is 20.0. The highest BCUT2D eigenvalue weighted by molar-refractivity contribution is 7.09. The van der Waals surface area contributed by atoms with Gasteiger partial charge in [0.1, 0.15) is 18.4 Å². The topological polar surface area (TPSA) is 50.6 Å². The van der Waals surface area contributed by atoms with Crippen molar-refractivity contribution >= 4 is 17.2 Å². The van der Waals surface area contributed by atoms with Gasteiger partial charge in [0.2, 0.25) is 5.91 Å². The molecule has 2 aromatic heterocycles. The number of benzene rings is 1. The Hall–Kier alpha value is -2.64. The first kappa shape index (κ1) is 22.6. The zero-order chi connectivity index (χ0) is 22.5. The Morgan fingerprint density at radius 2 is 1.97 bits per heavy atom. The number of likely N-dealkylation sites (tertiary alicyclic amines) is 1. The first-order valence-electron chi connectivity index (χ1n) is 11.2. The van der Waals surface area contributed by atoms with Crippen molar-refractivity contribution in [2.24, 2.45) is 0 Å². The minimum absolute atomic E-state index is 0.130. The maximum absolute atomic E-state index is 12.7. The summed E-state index contributed by atoms with van der Waals surface area (Å²) < 4.78 is 8.07. The predicted molar refractivity (Wildman–Crippen MR) is 128 cm³/mol. The number of aromatic nitrogens is 2. The number of thiophene rings is 1. The lowest BCUT2D eigenvalue weighted by atomic mass is 10.1. The molecule has 1 aliphatic heterocycles. The van der Waals surface area contributed by atoms with Gasteiger partial charge in [0, 0.05) is 49.6 Å². The molecule has 1 aliphatic rings. The van der Waals surface area contributed by atoms with E-state index >= 15 is 0 Å². The molecule has 0 spiro atoms. The van der Waals surface area contributed by atoms with E-state index in [-0.39, 0.29) is 12.0 Å². The number of piperidine rings is 1. The van der Waals surface area contributed by atoms with Crippen molar-refractivity contribution in [3.63, 3.8) is 0 Å². The molecule has 0 unspecified atom stereocenters. The number of ether oxygens (including phenoxy) is 1. The zero-order valence-electron chi connectivity index (χ0n) is 19.2. The molecule has 0 atom stereocenters. The van der Waals surface area contributed by atoms with Gasteiger partial charge in [-0.05, 0) is 56.1 Å². The summed E-state index contributed by atoms with van der Waals surface area (Å²) in [7, 11) is 2.14. The summed E-state index contributed by atoms with van der Waals surface area (Å²) in [6.07, 6.45) is 1.85. The number of carbonyl (C=O) groups excluding carboxylic acids is 1. The van der Waals surface area contributed by atoms with E-state index in [0.29, 0.717) is 6.54 Å². The van der Waals surface area contributed by atoms with Gasteiger partial charge in [-0.2, -0.15) is 5.10 Å². The van der Waals surface area contributed by atoms with Gasteiger partial charge in [-0.3, -0.25) is 14.4 Å². The van der Waals surface area contributed by atoms with E-state index in [9.17, 15) is 4.79 Å². The maximum Gasteiger partial charge on any atom is 0.244 e. The van der Waals surface area contributed by atoms with Crippen LogP contribution < -0.4 is 4.74 Å². The molecule has 0 aliphatic carbocycles. The fourth-order valence-electron chi connectivity index (χ4n) is 4.23. The second kappa shape index (κ2) is 10.3. The molecule has 170 valence electrons. The third-order valence-electron chi connectivity index (χ3n) is 5.84. The molecule has 6 nitrogen and oxygen atoms in total. The van der Waals surface area contributed by atoms with Gasteiger partial charge < -0.3 is 9.64 Å². The third-order valence-corrected chi connectivity index (χ3v) is 6.70. The van der Waals surface area contributed by atoms with Crippen LogP contribution in [0, 0.1) is 13.8 Å². The highest BCUT2D eigenvalue weighted by Gasteiger charge is 2.24. The van der Waals surface area contributed by atoms with Crippen molar-refractivity contribution in [2.75, 3.05) is 20.1 Å². The number of nitrogens with zero attached hydrogens (tertiary/aromatic N) is 4. The Morgan fingerprint density at radius 1 is 1.16 bits per heavy atom. The van der Waals surface area contributed by atoms with E-state index in [1.165, 1.54) is 10.4 Å². The molecule has 7 heteroatoms. The predicted octanol–water partition coefficient (Wildman–Crippen LogP) is 4.26. The summed E-state index contributed by atoms with van der Waals surface area (Å²) >= 11 is 1.79. The maximum atomic E-state index is 12.7. The van der Waals surface area contributed by atoms with Crippen LogP contribution in [0.25, 0.3) is 0 Å². The van der Waals surface area contributed by atoms with Crippen molar-refractivity contribution in [1.29, 1.82) is 0 Å². The van der Waals surface area contributed by atoms with Crippen LogP contribution in [-0.4, -0.2) is 51.7 Å². The smallest absolute Gasteiger partial charge is 0.244 e. The minimum Gasteiger partial charge on any atom is -0.490 e. The Bertz CT molecular complexity index is 1020. The first-order valence-corrected chi connectivity index (χ1v) is 12.1. The van der Waals surface area contributed by atoms with Gasteiger partial charge >= 0.3 is 0 Å². The number of carbonyl (C=O) groups is 1. The van der Waals surface area contributed by atoms with Crippen LogP contribution in [-0.2, 0) is 24.4 Å². The molecule has 3 aromatic rings. The molecular formula is C25H32N4O2S. The average Bonchev–Trinajstić information content (AvgIpc) is 3.37. The molecule has 0 radical (unpaired) electrons.